The Hall–Kier alpha value is -1.99. The Morgan fingerprint density at radius 3 is 2.26 bits per heavy atom. The second kappa shape index (κ2) is 10.7. The summed E-state index contributed by atoms with van der Waals surface area (Å²) in [5.74, 6) is 0. The molecule has 0 amide bonds. The summed E-state index contributed by atoms with van der Waals surface area (Å²) in [5.41, 5.74) is 7.84. The zero-order chi connectivity index (χ0) is 17.1. The minimum absolute atomic E-state index is 0.600. The Bertz CT molecular complexity index is 691. The number of carbonyl (C=O) groups is 1. The lowest BCUT2D eigenvalue weighted by Crippen LogP contribution is -2.21. The number of thiophene rings is 1. The van der Waals surface area contributed by atoms with Crippen molar-refractivity contribution in [3.05, 3.63) is 58.1 Å². The third kappa shape index (κ3) is 6.75. The highest BCUT2D eigenvalue weighted by atomic mass is 35.5. The lowest BCUT2D eigenvalue weighted by atomic mass is 10.2. The summed E-state index contributed by atoms with van der Waals surface area (Å²) in [6, 6.07) is 13.2. The molecule has 0 atom stereocenters. The average molecular weight is 351 g/mol. The van der Waals surface area contributed by atoms with E-state index in [0.717, 1.165) is 26.4 Å². The number of benzene rings is 1. The highest BCUT2D eigenvalue weighted by Crippen LogP contribution is 2.29. The third-order valence-corrected chi connectivity index (χ3v) is 3.85. The fourth-order valence-corrected chi connectivity index (χ4v) is 2.68. The Labute approximate surface area is 144 Å². The van der Waals surface area contributed by atoms with Crippen LogP contribution in [0, 0.1) is 5.41 Å². The maximum atomic E-state index is 10.3. The number of hydrogen-bond donors (Lipinski definition) is 4. The van der Waals surface area contributed by atoms with Crippen LogP contribution in [-0.4, -0.2) is 31.6 Å². The first kappa shape index (κ1) is 19.1. The lowest BCUT2D eigenvalue weighted by Gasteiger charge is -1.84. The summed E-state index contributed by atoms with van der Waals surface area (Å²) in [6.45, 7) is 0. The van der Waals surface area contributed by atoms with E-state index in [0.29, 0.717) is 5.69 Å². The number of aromatic amines is 1. The predicted molar refractivity (Wildman–Crippen MR) is 99.0 cm³/mol. The van der Waals surface area contributed by atoms with Crippen molar-refractivity contribution in [3.63, 3.8) is 0 Å². The number of hydrogen-bond acceptors (Lipinski definition) is 5. The summed E-state index contributed by atoms with van der Waals surface area (Å²) < 4.78 is 1.76. The van der Waals surface area contributed by atoms with E-state index in [9.17, 15) is 4.79 Å². The molecule has 0 aliphatic carbocycles. The summed E-state index contributed by atoms with van der Waals surface area (Å²) >= 11 is 7.19. The smallest absolute Gasteiger partial charge is 0.166 e. The molecule has 3 rings (SSSR count). The number of halogens is 1. The van der Waals surface area contributed by atoms with Gasteiger partial charge in [0, 0.05) is 6.21 Å². The van der Waals surface area contributed by atoms with Crippen molar-refractivity contribution < 1.29 is 4.79 Å². The van der Waals surface area contributed by atoms with Crippen LogP contribution in [0.5, 0.6) is 0 Å². The molecule has 0 fully saturated rings. The standard InChI is InChI=1S/C7H4ClNOS.C7H7N.C2H8N2/c8-7-2-5-6(11-7)1-4(3-10)9-5;8-6-7-4-2-1-3-5-7;1-3-4-2/h1-3,9H;1-6,8H;3-4H,1-2H3. The van der Waals surface area contributed by atoms with Crippen LogP contribution in [0.3, 0.4) is 0 Å². The second-order valence-corrected chi connectivity index (χ2v) is 5.94. The molecular weight excluding hydrogens is 332 g/mol. The van der Waals surface area contributed by atoms with Gasteiger partial charge in [-0.25, -0.2) is 0 Å². The molecule has 4 N–H and O–H groups in total. The lowest BCUT2D eigenvalue weighted by molar-refractivity contribution is 0.112. The van der Waals surface area contributed by atoms with Gasteiger partial charge in [0.25, 0.3) is 0 Å². The van der Waals surface area contributed by atoms with E-state index in [-0.39, 0.29) is 0 Å². The number of rotatable bonds is 3. The molecule has 0 aliphatic heterocycles. The molecule has 0 radical (unpaired) electrons. The van der Waals surface area contributed by atoms with E-state index in [1.165, 1.54) is 17.6 Å². The molecular formula is C16H19ClN4OS. The Kier molecular flexibility index (Phi) is 8.86. The minimum Gasteiger partial charge on any atom is -0.352 e. The van der Waals surface area contributed by atoms with Crippen molar-refractivity contribution >= 4 is 45.7 Å². The fraction of sp³-hybridized carbons (Fsp3) is 0.125. The molecule has 0 bridgehead atoms. The maximum absolute atomic E-state index is 10.3. The highest BCUT2D eigenvalue weighted by molar-refractivity contribution is 7.22. The van der Waals surface area contributed by atoms with Gasteiger partial charge in [-0.15, -0.1) is 11.3 Å². The quantitative estimate of drug-likeness (QED) is 0.330. The van der Waals surface area contributed by atoms with Gasteiger partial charge in [0.1, 0.15) is 0 Å². The number of fused-ring (bicyclic) bond motifs is 1. The first-order valence-corrected chi connectivity index (χ1v) is 7.96. The van der Waals surface area contributed by atoms with Crippen LogP contribution >= 0.6 is 22.9 Å². The molecule has 23 heavy (non-hydrogen) atoms. The van der Waals surface area contributed by atoms with Gasteiger partial charge in [-0.1, -0.05) is 41.9 Å². The van der Waals surface area contributed by atoms with Crippen molar-refractivity contribution in [1.29, 1.82) is 5.41 Å². The molecule has 0 spiro atoms. The van der Waals surface area contributed by atoms with Gasteiger partial charge in [0.2, 0.25) is 0 Å². The minimum atomic E-state index is 0.600. The topological polar surface area (TPSA) is 80.8 Å². The normalized spacial score (nSPS) is 9.35. The number of carbonyl (C=O) groups excluding carboxylic acids is 1. The zero-order valence-electron chi connectivity index (χ0n) is 12.9. The summed E-state index contributed by atoms with van der Waals surface area (Å²) in [4.78, 5) is 13.2. The number of H-pyrrole nitrogens is 1. The van der Waals surface area contributed by atoms with Crippen LogP contribution in [0.2, 0.25) is 4.34 Å². The molecule has 3 aromatic rings. The molecule has 0 saturated carbocycles. The average Bonchev–Trinajstić information content (AvgIpc) is 3.13. The summed E-state index contributed by atoms with van der Waals surface area (Å²) in [5, 5.41) is 6.82. The van der Waals surface area contributed by atoms with Gasteiger partial charge >= 0.3 is 0 Å². The molecule has 2 aromatic heterocycles. The zero-order valence-corrected chi connectivity index (χ0v) is 14.5. The second-order valence-electron chi connectivity index (χ2n) is 4.23. The maximum Gasteiger partial charge on any atom is 0.166 e. The fourth-order valence-electron chi connectivity index (χ4n) is 1.52. The number of aldehydes is 1. The van der Waals surface area contributed by atoms with Crippen LogP contribution < -0.4 is 10.9 Å². The molecule has 0 aliphatic rings. The molecule has 1 aromatic carbocycles. The Morgan fingerprint density at radius 2 is 1.83 bits per heavy atom. The van der Waals surface area contributed by atoms with E-state index in [1.807, 2.05) is 50.5 Å². The molecule has 5 nitrogen and oxygen atoms in total. The van der Waals surface area contributed by atoms with Crippen LogP contribution in [0.15, 0.2) is 42.5 Å². The van der Waals surface area contributed by atoms with Gasteiger partial charge < -0.3 is 10.4 Å². The van der Waals surface area contributed by atoms with Crippen LogP contribution in [0.4, 0.5) is 0 Å². The molecule has 2 heterocycles. The highest BCUT2D eigenvalue weighted by Gasteiger charge is 2.02. The number of hydrazine groups is 1. The molecule has 0 saturated heterocycles. The van der Waals surface area contributed by atoms with Crippen molar-refractivity contribution in [3.8, 4) is 0 Å². The largest absolute Gasteiger partial charge is 0.352 e. The van der Waals surface area contributed by atoms with E-state index < -0.39 is 0 Å². The molecule has 0 unspecified atom stereocenters. The van der Waals surface area contributed by atoms with E-state index in [1.54, 1.807) is 6.07 Å². The molecule has 7 heteroatoms. The summed E-state index contributed by atoms with van der Waals surface area (Å²) in [6.07, 6.45) is 2.13. The van der Waals surface area contributed by atoms with E-state index in [2.05, 4.69) is 15.8 Å². The molecule has 122 valence electrons. The number of nitrogens with one attached hydrogen (secondary N) is 4. The summed E-state index contributed by atoms with van der Waals surface area (Å²) in [7, 11) is 3.64. The first-order chi connectivity index (χ1) is 11.1. The van der Waals surface area contributed by atoms with Crippen LogP contribution in [-0.2, 0) is 0 Å². The van der Waals surface area contributed by atoms with Gasteiger partial charge in [0.15, 0.2) is 6.29 Å². The van der Waals surface area contributed by atoms with Crippen molar-refractivity contribution in [2.45, 2.75) is 0 Å². The van der Waals surface area contributed by atoms with Gasteiger partial charge in [-0.2, -0.15) is 0 Å². The first-order valence-electron chi connectivity index (χ1n) is 6.76. The van der Waals surface area contributed by atoms with Crippen LogP contribution in [0.25, 0.3) is 10.2 Å². The number of aromatic nitrogens is 1. The van der Waals surface area contributed by atoms with E-state index >= 15 is 0 Å². The van der Waals surface area contributed by atoms with Gasteiger partial charge in [-0.3, -0.25) is 15.6 Å². The van der Waals surface area contributed by atoms with E-state index in [4.69, 9.17) is 17.0 Å². The predicted octanol–water partition coefficient (Wildman–Crippen LogP) is 3.72. The Morgan fingerprint density at radius 1 is 1.17 bits per heavy atom. The van der Waals surface area contributed by atoms with Gasteiger partial charge in [0.05, 0.1) is 20.2 Å². The third-order valence-electron chi connectivity index (χ3n) is 2.64. The van der Waals surface area contributed by atoms with Crippen LogP contribution in [0.1, 0.15) is 16.1 Å². The Balaban J connectivity index is 0.000000194. The SMILES string of the molecule is CNNC.N=Cc1ccccc1.O=Cc1cc2sc(Cl)cc2[nH]1. The van der Waals surface area contributed by atoms with Crippen molar-refractivity contribution in [1.82, 2.24) is 15.8 Å². The van der Waals surface area contributed by atoms with Crippen molar-refractivity contribution in [2.75, 3.05) is 14.1 Å². The monoisotopic (exact) mass is 350 g/mol. The van der Waals surface area contributed by atoms with Crippen molar-refractivity contribution in [2.24, 2.45) is 0 Å². The van der Waals surface area contributed by atoms with Gasteiger partial charge in [-0.05, 0) is 31.8 Å².